The van der Waals surface area contributed by atoms with Gasteiger partial charge in [0.05, 0.1) is 12.6 Å². The van der Waals surface area contributed by atoms with Gasteiger partial charge >= 0.3 is 5.97 Å². The number of piperidine rings is 1. The second-order valence-corrected chi connectivity index (χ2v) is 7.72. The van der Waals surface area contributed by atoms with Crippen molar-refractivity contribution in [3.63, 3.8) is 0 Å². The molecule has 6 nitrogen and oxygen atoms in total. The number of hydrogen-bond donors (Lipinski definition) is 2. The van der Waals surface area contributed by atoms with Crippen molar-refractivity contribution in [2.45, 2.75) is 70.5 Å². The summed E-state index contributed by atoms with van der Waals surface area (Å²) in [4.78, 5) is 27.5. The van der Waals surface area contributed by atoms with E-state index in [0.717, 1.165) is 44.7 Å². The molecule has 1 unspecified atom stereocenters. The highest BCUT2D eigenvalue weighted by Gasteiger charge is 2.30. The summed E-state index contributed by atoms with van der Waals surface area (Å²) < 4.78 is 0. The maximum atomic E-state index is 12.5. The van der Waals surface area contributed by atoms with Crippen molar-refractivity contribution < 1.29 is 14.7 Å². The fraction of sp³-hybridized carbons (Fsp3) is 0.889. The molecule has 2 fully saturated rings. The number of hydrogen-bond acceptors (Lipinski definition) is 4. The van der Waals surface area contributed by atoms with Crippen LogP contribution in [0.25, 0.3) is 0 Å². The van der Waals surface area contributed by atoms with Crippen molar-refractivity contribution in [2.75, 3.05) is 26.7 Å². The van der Waals surface area contributed by atoms with Crippen LogP contribution in [0.3, 0.4) is 0 Å². The van der Waals surface area contributed by atoms with E-state index in [1.807, 2.05) is 18.9 Å². The second-order valence-electron chi connectivity index (χ2n) is 7.72. The normalized spacial score (nSPS) is 26.7. The molecule has 1 amide bonds. The Morgan fingerprint density at radius 1 is 1.16 bits per heavy atom. The van der Waals surface area contributed by atoms with Crippen LogP contribution in [-0.2, 0) is 9.59 Å². The summed E-state index contributed by atoms with van der Waals surface area (Å²) in [5.41, 5.74) is 0. The number of carbonyl (C=O) groups excluding carboxylic acids is 1. The van der Waals surface area contributed by atoms with Crippen LogP contribution in [-0.4, -0.2) is 71.6 Å². The van der Waals surface area contributed by atoms with Crippen LogP contribution >= 0.6 is 12.4 Å². The molecule has 146 valence electrons. The summed E-state index contributed by atoms with van der Waals surface area (Å²) in [6.45, 7) is 6.06. The van der Waals surface area contributed by atoms with E-state index in [-0.39, 0.29) is 30.9 Å². The first-order valence-corrected chi connectivity index (χ1v) is 9.33. The minimum Gasteiger partial charge on any atom is -0.480 e. The standard InChI is InChI=1S/C18H33N3O3.ClH/c1-13-4-6-15(7-5-13)19-18(24)14(2)21-10-8-16(9-11-21)20(3)12-17(22)23;/h13-16H,4-12H2,1-3H3,(H,19,24)(H,22,23);1H. The summed E-state index contributed by atoms with van der Waals surface area (Å²) in [6, 6.07) is 0.540. The zero-order chi connectivity index (χ0) is 17.7. The predicted octanol–water partition coefficient (Wildman–Crippen LogP) is 1.97. The number of aliphatic carboxylic acids is 1. The second kappa shape index (κ2) is 10.3. The van der Waals surface area contributed by atoms with E-state index in [0.29, 0.717) is 12.1 Å². The van der Waals surface area contributed by atoms with Gasteiger partial charge in [-0.2, -0.15) is 0 Å². The van der Waals surface area contributed by atoms with E-state index in [1.165, 1.54) is 12.8 Å². The smallest absolute Gasteiger partial charge is 0.317 e. The fourth-order valence-corrected chi connectivity index (χ4v) is 3.95. The molecule has 1 saturated carbocycles. The van der Waals surface area contributed by atoms with Crippen molar-refractivity contribution in [1.82, 2.24) is 15.1 Å². The maximum absolute atomic E-state index is 12.5. The van der Waals surface area contributed by atoms with Crippen molar-refractivity contribution >= 4 is 24.3 Å². The Labute approximate surface area is 157 Å². The minimum absolute atomic E-state index is 0. The van der Waals surface area contributed by atoms with Crippen molar-refractivity contribution in [3.05, 3.63) is 0 Å². The van der Waals surface area contributed by atoms with Crippen LogP contribution in [0, 0.1) is 5.92 Å². The van der Waals surface area contributed by atoms with Crippen LogP contribution in [0.1, 0.15) is 52.4 Å². The Hall–Kier alpha value is -0.850. The number of halogens is 1. The lowest BCUT2D eigenvalue weighted by atomic mass is 9.87. The Balaban J connectivity index is 0.00000312. The summed E-state index contributed by atoms with van der Waals surface area (Å²) in [5, 5.41) is 12.1. The quantitative estimate of drug-likeness (QED) is 0.742. The van der Waals surface area contributed by atoms with Crippen LogP contribution < -0.4 is 5.32 Å². The number of rotatable bonds is 6. The van der Waals surface area contributed by atoms with Gasteiger partial charge in [0.25, 0.3) is 0 Å². The third kappa shape index (κ3) is 6.76. The van der Waals surface area contributed by atoms with Crippen molar-refractivity contribution in [2.24, 2.45) is 5.92 Å². The summed E-state index contributed by atoms with van der Waals surface area (Å²) >= 11 is 0. The zero-order valence-electron chi connectivity index (χ0n) is 15.7. The number of carboxylic acid groups (broad SMARTS) is 1. The third-order valence-corrected chi connectivity index (χ3v) is 5.80. The Morgan fingerprint density at radius 2 is 1.72 bits per heavy atom. The molecule has 0 spiro atoms. The van der Waals surface area contributed by atoms with Gasteiger partial charge in [0, 0.05) is 25.2 Å². The van der Waals surface area contributed by atoms with Gasteiger partial charge in [0.15, 0.2) is 0 Å². The monoisotopic (exact) mass is 375 g/mol. The van der Waals surface area contributed by atoms with Gasteiger partial charge in [-0.15, -0.1) is 12.4 Å². The van der Waals surface area contributed by atoms with Gasteiger partial charge in [-0.1, -0.05) is 6.92 Å². The number of carboxylic acids is 1. The van der Waals surface area contributed by atoms with Crippen molar-refractivity contribution in [3.8, 4) is 0 Å². The largest absolute Gasteiger partial charge is 0.480 e. The van der Waals surface area contributed by atoms with Gasteiger partial charge in [-0.25, -0.2) is 0 Å². The van der Waals surface area contributed by atoms with Gasteiger partial charge in [0.2, 0.25) is 5.91 Å². The third-order valence-electron chi connectivity index (χ3n) is 5.80. The molecule has 0 aromatic rings. The Morgan fingerprint density at radius 3 is 2.24 bits per heavy atom. The SMILES string of the molecule is CC1CCC(NC(=O)C(C)N2CCC(N(C)CC(=O)O)CC2)CC1.Cl. The molecule has 0 aromatic carbocycles. The summed E-state index contributed by atoms with van der Waals surface area (Å²) in [5.74, 6) is 0.152. The van der Waals surface area contributed by atoms with E-state index >= 15 is 0 Å². The Bertz CT molecular complexity index is 433. The molecule has 1 atom stereocenters. The number of carbonyl (C=O) groups is 2. The van der Waals surface area contributed by atoms with Gasteiger partial charge in [-0.3, -0.25) is 19.4 Å². The zero-order valence-corrected chi connectivity index (χ0v) is 16.6. The first kappa shape index (κ1) is 22.2. The lowest BCUT2D eigenvalue weighted by Gasteiger charge is -2.39. The molecular formula is C18H34ClN3O3. The number of likely N-dealkylation sites (N-methyl/N-ethyl adjacent to an activating group) is 1. The molecule has 1 aliphatic heterocycles. The first-order chi connectivity index (χ1) is 11.4. The molecule has 1 aliphatic carbocycles. The number of amides is 1. The molecule has 2 aliphatic rings. The van der Waals surface area contributed by atoms with Crippen LogP contribution in [0.15, 0.2) is 0 Å². The van der Waals surface area contributed by atoms with Crippen LogP contribution in [0.4, 0.5) is 0 Å². The van der Waals surface area contributed by atoms with E-state index in [2.05, 4.69) is 17.1 Å². The number of likely N-dealkylation sites (tertiary alicyclic amines) is 1. The molecule has 0 aromatic heterocycles. The summed E-state index contributed by atoms with van der Waals surface area (Å²) in [7, 11) is 1.87. The molecule has 1 heterocycles. The van der Waals surface area contributed by atoms with Gasteiger partial charge in [0.1, 0.15) is 0 Å². The molecular weight excluding hydrogens is 342 g/mol. The average molecular weight is 376 g/mol. The topological polar surface area (TPSA) is 72.9 Å². The lowest BCUT2D eigenvalue weighted by molar-refractivity contribution is -0.138. The maximum Gasteiger partial charge on any atom is 0.317 e. The molecule has 2 N–H and O–H groups in total. The molecule has 7 heteroatoms. The predicted molar refractivity (Wildman–Crippen MR) is 101 cm³/mol. The van der Waals surface area contributed by atoms with E-state index < -0.39 is 5.97 Å². The van der Waals surface area contributed by atoms with Crippen LogP contribution in [0.5, 0.6) is 0 Å². The molecule has 0 bridgehead atoms. The van der Waals surface area contributed by atoms with E-state index in [9.17, 15) is 9.59 Å². The Kier molecular flexibility index (Phi) is 9.17. The van der Waals surface area contributed by atoms with Gasteiger partial charge < -0.3 is 10.4 Å². The van der Waals surface area contributed by atoms with Crippen molar-refractivity contribution in [1.29, 1.82) is 0 Å². The summed E-state index contributed by atoms with van der Waals surface area (Å²) in [6.07, 6.45) is 6.45. The highest BCUT2D eigenvalue weighted by molar-refractivity contribution is 5.85. The molecule has 0 radical (unpaired) electrons. The minimum atomic E-state index is -0.783. The first-order valence-electron chi connectivity index (χ1n) is 9.33. The fourth-order valence-electron chi connectivity index (χ4n) is 3.95. The lowest BCUT2D eigenvalue weighted by Crippen LogP contribution is -2.53. The number of nitrogens with one attached hydrogen (secondary N) is 1. The molecule has 2 rings (SSSR count). The number of nitrogens with zero attached hydrogens (tertiary/aromatic N) is 2. The highest BCUT2D eigenvalue weighted by Crippen LogP contribution is 2.24. The average Bonchev–Trinajstić information content (AvgIpc) is 2.55. The molecule has 1 saturated heterocycles. The van der Waals surface area contributed by atoms with Gasteiger partial charge in [-0.05, 0) is 58.4 Å². The van der Waals surface area contributed by atoms with Crippen LogP contribution in [0.2, 0.25) is 0 Å². The van der Waals surface area contributed by atoms with E-state index in [1.54, 1.807) is 0 Å². The molecule has 25 heavy (non-hydrogen) atoms. The highest BCUT2D eigenvalue weighted by atomic mass is 35.5. The van der Waals surface area contributed by atoms with E-state index in [4.69, 9.17) is 5.11 Å².